The molecule has 1 saturated heterocycles. The fourth-order valence-corrected chi connectivity index (χ4v) is 3.56. The number of nitrogens with two attached hydrogens (primary N) is 1. The molecule has 3 rings (SSSR count). The Bertz CT molecular complexity index is 933. The topological polar surface area (TPSA) is 119 Å². The third kappa shape index (κ3) is 4.40. The van der Waals surface area contributed by atoms with Crippen molar-refractivity contribution >= 4 is 29.4 Å². The first-order valence-corrected chi connectivity index (χ1v) is 10.0. The second-order valence-corrected chi connectivity index (χ2v) is 7.06. The number of piperidine rings is 1. The van der Waals surface area contributed by atoms with E-state index in [2.05, 4.69) is 10.7 Å². The van der Waals surface area contributed by atoms with Gasteiger partial charge in [0.15, 0.2) is 0 Å². The van der Waals surface area contributed by atoms with Crippen molar-refractivity contribution in [3.05, 3.63) is 47.2 Å². The molecule has 1 aromatic carbocycles. The molecule has 0 unspecified atom stereocenters. The number of likely N-dealkylation sites (tertiary alicyclic amines) is 1. The van der Waals surface area contributed by atoms with Crippen LogP contribution in [-0.4, -0.2) is 47.2 Å². The maximum absolute atomic E-state index is 13.2. The number of ether oxygens (including phenoxy) is 1. The number of nitrogens with zero attached hydrogens (tertiary/aromatic N) is 2. The van der Waals surface area contributed by atoms with E-state index in [9.17, 15) is 14.4 Å². The zero-order chi connectivity index (χ0) is 21.7. The summed E-state index contributed by atoms with van der Waals surface area (Å²) in [5, 5.41) is 2.68. The van der Waals surface area contributed by atoms with Crippen LogP contribution in [0.15, 0.2) is 30.3 Å². The number of nitrogens with one attached hydrogen (secondary N) is 2. The second-order valence-electron chi connectivity index (χ2n) is 7.06. The normalized spacial score (nSPS) is 13.6. The van der Waals surface area contributed by atoms with Crippen LogP contribution in [0.1, 0.15) is 52.6 Å². The van der Waals surface area contributed by atoms with Crippen molar-refractivity contribution in [1.29, 1.82) is 0 Å². The second kappa shape index (κ2) is 9.34. The van der Waals surface area contributed by atoms with Gasteiger partial charge in [-0.15, -0.1) is 0 Å². The van der Waals surface area contributed by atoms with Crippen LogP contribution in [0, 0.1) is 6.92 Å². The number of carbonyl (C=O) groups is 3. The fraction of sp³-hybridized carbons (Fsp3) is 0.381. The zero-order valence-corrected chi connectivity index (χ0v) is 17.2. The summed E-state index contributed by atoms with van der Waals surface area (Å²) in [4.78, 5) is 40.0. The van der Waals surface area contributed by atoms with Gasteiger partial charge in [0.1, 0.15) is 5.82 Å². The molecule has 2 aromatic rings. The highest BCUT2D eigenvalue weighted by Gasteiger charge is 2.32. The van der Waals surface area contributed by atoms with Crippen LogP contribution in [0.5, 0.6) is 0 Å². The quantitative estimate of drug-likeness (QED) is 0.651. The van der Waals surface area contributed by atoms with E-state index in [-0.39, 0.29) is 29.5 Å². The number of benzene rings is 1. The summed E-state index contributed by atoms with van der Waals surface area (Å²) in [5.41, 5.74) is 9.92. The number of carbonyl (C=O) groups excluding carboxylic acids is 3. The van der Waals surface area contributed by atoms with Crippen molar-refractivity contribution < 1.29 is 19.1 Å². The summed E-state index contributed by atoms with van der Waals surface area (Å²) in [6, 6.07) is 8.33. The van der Waals surface area contributed by atoms with E-state index >= 15 is 0 Å². The molecule has 0 aliphatic carbocycles. The first kappa shape index (κ1) is 21.2. The Morgan fingerprint density at radius 3 is 2.37 bits per heavy atom. The van der Waals surface area contributed by atoms with Gasteiger partial charge in [0, 0.05) is 18.8 Å². The van der Waals surface area contributed by atoms with E-state index in [0.717, 1.165) is 19.3 Å². The van der Waals surface area contributed by atoms with Crippen molar-refractivity contribution in [2.24, 2.45) is 0 Å². The molecule has 1 aliphatic heterocycles. The summed E-state index contributed by atoms with van der Waals surface area (Å²) < 4.78 is 6.40. The number of rotatable bonds is 5. The lowest BCUT2D eigenvalue weighted by Gasteiger charge is -2.27. The minimum absolute atomic E-state index is 0.00524. The predicted molar refractivity (Wildman–Crippen MR) is 114 cm³/mol. The fourth-order valence-electron chi connectivity index (χ4n) is 3.56. The zero-order valence-electron chi connectivity index (χ0n) is 17.2. The molecular weight excluding hydrogens is 386 g/mol. The van der Waals surface area contributed by atoms with E-state index in [0.29, 0.717) is 24.5 Å². The molecule has 30 heavy (non-hydrogen) atoms. The van der Waals surface area contributed by atoms with E-state index < -0.39 is 12.0 Å². The minimum Gasteiger partial charge on any atom is -0.462 e. The van der Waals surface area contributed by atoms with Gasteiger partial charge in [-0.1, -0.05) is 18.2 Å². The molecule has 3 amide bonds. The standard InChI is InChI=1S/C21H27N5O4/c1-3-30-20(28)16-14(2)26(24-21(29)23-15-10-6-4-7-11-15)18(22)17(16)19(27)25-12-8-5-9-13-25/h4,6-7,10-11H,3,5,8-9,12-13,22H2,1-2H3,(H2,23,24,29). The van der Waals surface area contributed by atoms with Gasteiger partial charge in [-0.2, -0.15) is 0 Å². The minimum atomic E-state index is -0.647. The van der Waals surface area contributed by atoms with Crippen LogP contribution in [-0.2, 0) is 4.74 Å². The number of para-hydroxylation sites is 1. The van der Waals surface area contributed by atoms with Gasteiger partial charge in [0.05, 0.1) is 23.4 Å². The SMILES string of the molecule is CCOC(=O)c1c(C(=O)N2CCCCC2)c(N)n(NC(=O)Nc2ccccc2)c1C. The maximum Gasteiger partial charge on any atom is 0.340 e. The van der Waals surface area contributed by atoms with E-state index in [4.69, 9.17) is 10.5 Å². The average molecular weight is 413 g/mol. The average Bonchev–Trinajstić information content (AvgIpc) is 2.99. The third-order valence-electron chi connectivity index (χ3n) is 5.03. The van der Waals surface area contributed by atoms with Gasteiger partial charge in [-0.05, 0) is 45.2 Å². The van der Waals surface area contributed by atoms with Crippen LogP contribution in [0.25, 0.3) is 0 Å². The van der Waals surface area contributed by atoms with Crippen molar-refractivity contribution in [3.63, 3.8) is 0 Å². The molecule has 160 valence electrons. The Hall–Kier alpha value is -3.49. The Kier molecular flexibility index (Phi) is 6.61. The highest BCUT2D eigenvalue weighted by atomic mass is 16.5. The largest absolute Gasteiger partial charge is 0.462 e. The number of anilines is 2. The first-order chi connectivity index (χ1) is 14.4. The molecule has 2 heterocycles. The van der Waals surface area contributed by atoms with Crippen LogP contribution in [0.3, 0.4) is 0 Å². The molecule has 0 saturated carbocycles. The number of hydrogen-bond acceptors (Lipinski definition) is 5. The molecule has 4 N–H and O–H groups in total. The highest BCUT2D eigenvalue weighted by Crippen LogP contribution is 2.28. The molecule has 1 aromatic heterocycles. The van der Waals surface area contributed by atoms with Crippen LogP contribution in [0.2, 0.25) is 0 Å². The molecule has 0 atom stereocenters. The van der Waals surface area contributed by atoms with Crippen LogP contribution in [0.4, 0.5) is 16.3 Å². The van der Waals surface area contributed by atoms with E-state index in [1.807, 2.05) is 6.07 Å². The number of aromatic nitrogens is 1. The smallest absolute Gasteiger partial charge is 0.340 e. The summed E-state index contributed by atoms with van der Waals surface area (Å²) >= 11 is 0. The highest BCUT2D eigenvalue weighted by molar-refractivity contribution is 6.10. The Morgan fingerprint density at radius 2 is 1.73 bits per heavy atom. The van der Waals surface area contributed by atoms with Crippen molar-refractivity contribution in [1.82, 2.24) is 9.58 Å². The van der Waals surface area contributed by atoms with Crippen molar-refractivity contribution in [3.8, 4) is 0 Å². The Labute approximate surface area is 175 Å². The lowest BCUT2D eigenvalue weighted by molar-refractivity contribution is 0.0517. The van der Waals surface area contributed by atoms with Gasteiger partial charge in [-0.25, -0.2) is 19.7 Å². The molecule has 9 heteroatoms. The number of urea groups is 1. The maximum atomic E-state index is 13.2. The predicted octanol–water partition coefficient (Wildman–Crippen LogP) is 2.96. The van der Waals surface area contributed by atoms with Gasteiger partial charge in [0.25, 0.3) is 5.91 Å². The first-order valence-electron chi connectivity index (χ1n) is 10.0. The van der Waals surface area contributed by atoms with Crippen molar-refractivity contribution in [2.45, 2.75) is 33.1 Å². The Morgan fingerprint density at radius 1 is 1.07 bits per heavy atom. The summed E-state index contributed by atoms with van der Waals surface area (Å²) in [7, 11) is 0. The van der Waals surface area contributed by atoms with E-state index in [1.54, 1.807) is 43.0 Å². The molecule has 0 bridgehead atoms. The third-order valence-corrected chi connectivity index (χ3v) is 5.03. The number of nitrogen functional groups attached to an aromatic ring is 1. The van der Waals surface area contributed by atoms with Crippen LogP contribution < -0.4 is 16.5 Å². The Balaban J connectivity index is 1.94. The lowest BCUT2D eigenvalue weighted by atomic mass is 10.1. The molecule has 1 fully saturated rings. The molecular formula is C21H27N5O4. The summed E-state index contributed by atoms with van der Waals surface area (Å²) in [5.74, 6) is -0.984. The van der Waals surface area contributed by atoms with E-state index in [1.165, 1.54) is 4.68 Å². The van der Waals surface area contributed by atoms with Gasteiger partial charge < -0.3 is 20.7 Å². The monoisotopic (exact) mass is 413 g/mol. The summed E-state index contributed by atoms with van der Waals surface area (Å²) in [6.07, 6.45) is 2.86. The van der Waals surface area contributed by atoms with Crippen LogP contribution >= 0.6 is 0 Å². The molecule has 1 aliphatic rings. The summed E-state index contributed by atoms with van der Waals surface area (Å²) in [6.45, 7) is 4.66. The molecule has 0 spiro atoms. The number of hydrogen-bond donors (Lipinski definition) is 3. The molecule has 9 nitrogen and oxygen atoms in total. The lowest BCUT2D eigenvalue weighted by Crippen LogP contribution is -2.36. The number of amides is 3. The van der Waals surface area contributed by atoms with Gasteiger partial charge in [-0.3, -0.25) is 4.79 Å². The van der Waals surface area contributed by atoms with Gasteiger partial charge >= 0.3 is 12.0 Å². The van der Waals surface area contributed by atoms with Gasteiger partial charge in [0.2, 0.25) is 0 Å². The van der Waals surface area contributed by atoms with Crippen molar-refractivity contribution in [2.75, 3.05) is 36.2 Å². The molecule has 0 radical (unpaired) electrons. The number of esters is 1.